The first-order valence-electron chi connectivity index (χ1n) is 11.9. The molecule has 0 radical (unpaired) electrons. The second-order valence-corrected chi connectivity index (χ2v) is 9.32. The minimum Gasteiger partial charge on any atom is -0.0616 e. The van der Waals surface area contributed by atoms with Crippen molar-refractivity contribution in [2.24, 2.45) is 0 Å². The lowest BCUT2D eigenvalue weighted by Gasteiger charge is -2.14. The normalized spacial score (nSPS) is 12.1. The summed E-state index contributed by atoms with van der Waals surface area (Å²) >= 11 is 0. The quantitative estimate of drug-likeness (QED) is 0.211. The van der Waals surface area contributed by atoms with E-state index in [1.165, 1.54) is 75.4 Å². The third-order valence-corrected chi connectivity index (χ3v) is 7.59. The van der Waals surface area contributed by atoms with Gasteiger partial charge < -0.3 is 0 Å². The van der Waals surface area contributed by atoms with Crippen LogP contribution in [0.1, 0.15) is 0 Å². The summed E-state index contributed by atoms with van der Waals surface area (Å²) in [6.07, 6.45) is 0. The first-order chi connectivity index (χ1) is 16.9. The molecule has 0 saturated heterocycles. The lowest BCUT2D eigenvalue weighted by Crippen LogP contribution is -1.86. The molecule has 0 unspecified atom stereocenters. The van der Waals surface area contributed by atoms with E-state index in [4.69, 9.17) is 0 Å². The van der Waals surface area contributed by atoms with Gasteiger partial charge >= 0.3 is 0 Å². The Labute approximate surface area is 196 Å². The molecule has 0 amide bonds. The monoisotopic (exact) mass is 428 g/mol. The van der Waals surface area contributed by atoms with Gasteiger partial charge in [-0.2, -0.15) is 0 Å². The Balaban J connectivity index is 1.62. The van der Waals surface area contributed by atoms with Gasteiger partial charge in [0, 0.05) is 0 Å². The van der Waals surface area contributed by atoms with Gasteiger partial charge in [-0.05, 0) is 75.4 Å². The zero-order valence-corrected chi connectivity index (χ0v) is 18.5. The van der Waals surface area contributed by atoms with Gasteiger partial charge in [-0.1, -0.05) is 121 Å². The number of hydrogen-bond acceptors (Lipinski definition) is 0. The summed E-state index contributed by atoms with van der Waals surface area (Å²) in [7, 11) is 0. The predicted molar refractivity (Wildman–Crippen MR) is 149 cm³/mol. The molecule has 0 aliphatic heterocycles. The first-order valence-corrected chi connectivity index (χ1v) is 11.9. The summed E-state index contributed by atoms with van der Waals surface area (Å²) in [5, 5.41) is 18.4. The Morgan fingerprint density at radius 2 is 0.500 bits per heavy atom. The highest BCUT2D eigenvalue weighted by molar-refractivity contribution is 6.32. The van der Waals surface area contributed by atoms with Gasteiger partial charge in [0.05, 0.1) is 0 Å². The van der Waals surface area contributed by atoms with Crippen molar-refractivity contribution >= 4 is 75.4 Å². The van der Waals surface area contributed by atoms with Crippen LogP contribution in [0.2, 0.25) is 0 Å². The van der Waals surface area contributed by atoms with Gasteiger partial charge in [-0.25, -0.2) is 0 Å². The van der Waals surface area contributed by atoms with Crippen molar-refractivity contribution in [2.75, 3.05) is 0 Å². The second kappa shape index (κ2) is 6.56. The fourth-order valence-corrected chi connectivity index (χ4v) is 6.06. The minimum absolute atomic E-state index is 1.29. The first kappa shape index (κ1) is 18.1. The Kier molecular flexibility index (Phi) is 3.48. The van der Waals surface area contributed by atoms with Crippen molar-refractivity contribution in [3.63, 3.8) is 0 Å². The molecule has 156 valence electrons. The number of rotatable bonds is 0. The van der Waals surface area contributed by atoms with Gasteiger partial charge in [0.15, 0.2) is 0 Å². The molecule has 0 fully saturated rings. The predicted octanol–water partition coefficient (Wildman–Crippen LogP) is 9.76. The van der Waals surface area contributed by atoms with Gasteiger partial charge in [0.1, 0.15) is 0 Å². The molecular formula is C34H20. The van der Waals surface area contributed by atoms with Crippen molar-refractivity contribution in [3.05, 3.63) is 121 Å². The molecule has 0 atom stereocenters. The van der Waals surface area contributed by atoms with Crippen molar-refractivity contribution in [2.45, 2.75) is 0 Å². The van der Waals surface area contributed by atoms with Gasteiger partial charge in [0.25, 0.3) is 0 Å². The van der Waals surface area contributed by atoms with Gasteiger partial charge in [-0.3, -0.25) is 0 Å². The van der Waals surface area contributed by atoms with E-state index >= 15 is 0 Å². The van der Waals surface area contributed by atoms with Crippen LogP contribution < -0.4 is 0 Å². The molecule has 0 nitrogen and oxygen atoms in total. The topological polar surface area (TPSA) is 0 Å². The van der Waals surface area contributed by atoms with Gasteiger partial charge in [-0.15, -0.1) is 0 Å². The lowest BCUT2D eigenvalue weighted by molar-refractivity contribution is 1.78. The average molecular weight is 429 g/mol. The largest absolute Gasteiger partial charge is 0.0616 e. The Morgan fingerprint density at radius 3 is 0.912 bits per heavy atom. The van der Waals surface area contributed by atoms with Crippen LogP contribution in [0.3, 0.4) is 0 Å². The summed E-state index contributed by atoms with van der Waals surface area (Å²) < 4.78 is 0. The maximum Gasteiger partial charge on any atom is -0.00264 e. The summed E-state index contributed by atoms with van der Waals surface area (Å²) in [6, 6.07) is 44.9. The van der Waals surface area contributed by atoms with Crippen molar-refractivity contribution in [1.29, 1.82) is 0 Å². The van der Waals surface area contributed by atoms with Gasteiger partial charge in [0.2, 0.25) is 0 Å². The molecule has 0 aliphatic rings. The molecule has 0 heterocycles. The van der Waals surface area contributed by atoms with Crippen molar-refractivity contribution in [1.82, 2.24) is 0 Å². The molecule has 8 rings (SSSR count). The van der Waals surface area contributed by atoms with E-state index in [1.807, 2.05) is 0 Å². The van der Waals surface area contributed by atoms with Crippen LogP contribution in [0.5, 0.6) is 0 Å². The molecule has 0 bridgehead atoms. The standard InChI is InChI=1S/C34H20/c1-3-7-26-21(5-1)9-11-23-13-19-30-28(32(23)26)17-15-25-16-18-29-31(34(25)30)20-14-24-12-10-22-6-2-4-8-27(22)33(24)29/h1-20H. The molecule has 0 N–H and O–H groups in total. The Bertz CT molecular complexity index is 1960. The zero-order chi connectivity index (χ0) is 22.2. The second-order valence-electron chi connectivity index (χ2n) is 9.32. The molecule has 8 aromatic rings. The fourth-order valence-electron chi connectivity index (χ4n) is 6.06. The molecular weight excluding hydrogens is 408 g/mol. The van der Waals surface area contributed by atoms with Crippen LogP contribution in [0, 0.1) is 0 Å². The fraction of sp³-hybridized carbons (Fsp3) is 0. The zero-order valence-electron chi connectivity index (χ0n) is 18.5. The average Bonchev–Trinajstić information content (AvgIpc) is 2.91. The lowest BCUT2D eigenvalue weighted by atomic mass is 9.89. The van der Waals surface area contributed by atoms with E-state index in [9.17, 15) is 0 Å². The molecule has 34 heavy (non-hydrogen) atoms. The maximum atomic E-state index is 2.32. The van der Waals surface area contributed by atoms with Crippen LogP contribution in [0.4, 0.5) is 0 Å². The maximum absolute atomic E-state index is 2.32. The third kappa shape index (κ3) is 2.32. The van der Waals surface area contributed by atoms with E-state index in [0.717, 1.165) is 0 Å². The Hall–Kier alpha value is -4.42. The molecule has 0 aromatic heterocycles. The van der Waals surface area contributed by atoms with E-state index < -0.39 is 0 Å². The number of benzene rings is 8. The van der Waals surface area contributed by atoms with Crippen molar-refractivity contribution in [3.8, 4) is 0 Å². The minimum atomic E-state index is 1.29. The van der Waals surface area contributed by atoms with E-state index in [-0.39, 0.29) is 0 Å². The highest BCUT2D eigenvalue weighted by Gasteiger charge is 2.12. The van der Waals surface area contributed by atoms with E-state index in [2.05, 4.69) is 121 Å². The number of hydrogen-bond donors (Lipinski definition) is 0. The third-order valence-electron chi connectivity index (χ3n) is 7.59. The smallest absolute Gasteiger partial charge is 0.00264 e. The summed E-state index contributed by atoms with van der Waals surface area (Å²) in [4.78, 5) is 0. The molecule has 0 heteroatoms. The van der Waals surface area contributed by atoms with Crippen LogP contribution >= 0.6 is 0 Å². The van der Waals surface area contributed by atoms with Crippen LogP contribution in [0.25, 0.3) is 75.4 Å². The summed E-state index contributed by atoms with van der Waals surface area (Å²) in [5.41, 5.74) is 0. The summed E-state index contributed by atoms with van der Waals surface area (Å²) in [6.45, 7) is 0. The van der Waals surface area contributed by atoms with Crippen LogP contribution in [-0.4, -0.2) is 0 Å². The summed E-state index contributed by atoms with van der Waals surface area (Å²) in [5.74, 6) is 0. The Morgan fingerprint density at radius 1 is 0.206 bits per heavy atom. The SMILES string of the molecule is c1ccc2c(c1)ccc1ccc3c(ccc4ccc5c(ccc6ccc7ccccc7c65)c43)c12. The number of fused-ring (bicyclic) bond motifs is 13. The van der Waals surface area contributed by atoms with Crippen molar-refractivity contribution < 1.29 is 0 Å². The molecule has 0 aliphatic carbocycles. The van der Waals surface area contributed by atoms with Crippen LogP contribution in [-0.2, 0) is 0 Å². The van der Waals surface area contributed by atoms with Crippen LogP contribution in [0.15, 0.2) is 121 Å². The van der Waals surface area contributed by atoms with E-state index in [0.29, 0.717) is 0 Å². The van der Waals surface area contributed by atoms with E-state index in [1.54, 1.807) is 0 Å². The highest BCUT2D eigenvalue weighted by atomic mass is 14.2. The highest BCUT2D eigenvalue weighted by Crippen LogP contribution is 2.40. The molecule has 0 spiro atoms. The molecule has 8 aromatic carbocycles. The molecule has 0 saturated carbocycles.